The molecular weight excluding hydrogens is 324 g/mol. The number of nitrogens with two attached hydrogens (primary N) is 1. The number of aliphatic hydroxyl groups is 5. The number of hydrogen-bond acceptors (Lipinski definition) is 7. The van der Waals surface area contributed by atoms with Crippen LogP contribution in [0.4, 0.5) is 11.4 Å². The summed E-state index contributed by atoms with van der Waals surface area (Å²) in [7, 11) is 0. The fourth-order valence-electron chi connectivity index (χ4n) is 3.27. The Kier molecular flexibility index (Phi) is 5.96. The predicted octanol–water partition coefficient (Wildman–Crippen LogP) is -0.499. The van der Waals surface area contributed by atoms with Gasteiger partial charge in [-0.15, -0.1) is 0 Å². The Morgan fingerprint density at radius 1 is 1.12 bits per heavy atom. The second-order valence-electron chi connectivity index (χ2n) is 7.60. The third-order valence-corrected chi connectivity index (χ3v) is 5.19. The Balaban J connectivity index is 2.23. The second-order valence-corrected chi connectivity index (χ2v) is 7.60. The minimum atomic E-state index is -1.62. The van der Waals surface area contributed by atoms with Gasteiger partial charge in [-0.2, -0.15) is 0 Å². The van der Waals surface area contributed by atoms with Crippen molar-refractivity contribution in [2.75, 3.05) is 30.3 Å². The van der Waals surface area contributed by atoms with Gasteiger partial charge in [0, 0.05) is 24.5 Å². The summed E-state index contributed by atoms with van der Waals surface area (Å²) in [6.45, 7) is 6.30. The first-order valence-corrected chi connectivity index (χ1v) is 8.57. The zero-order valence-electron chi connectivity index (χ0n) is 15.1. The molecule has 7 N–H and O–H groups in total. The van der Waals surface area contributed by atoms with Crippen molar-refractivity contribution >= 4 is 11.4 Å². The lowest BCUT2D eigenvalue weighted by atomic mass is 9.77. The number of fused-ring (bicyclic) bond motifs is 1. The molecule has 1 aromatic rings. The van der Waals surface area contributed by atoms with Crippen LogP contribution in [0, 0.1) is 6.92 Å². The molecule has 1 aliphatic rings. The van der Waals surface area contributed by atoms with Crippen molar-refractivity contribution in [3.63, 3.8) is 0 Å². The number of rotatable bonds is 6. The van der Waals surface area contributed by atoms with Gasteiger partial charge in [-0.1, -0.05) is 13.8 Å². The maximum absolute atomic E-state index is 10.3. The lowest BCUT2D eigenvalue weighted by Crippen LogP contribution is -2.51. The van der Waals surface area contributed by atoms with Crippen LogP contribution in [0.3, 0.4) is 0 Å². The average Bonchev–Trinajstić information content (AvgIpc) is 2.57. The van der Waals surface area contributed by atoms with Crippen LogP contribution in [-0.2, 0) is 5.41 Å². The largest absolute Gasteiger partial charge is 0.399 e. The molecule has 0 aliphatic carbocycles. The van der Waals surface area contributed by atoms with E-state index in [1.54, 1.807) is 0 Å². The van der Waals surface area contributed by atoms with Crippen LogP contribution in [0.25, 0.3) is 0 Å². The molecule has 0 saturated heterocycles. The zero-order valence-corrected chi connectivity index (χ0v) is 15.1. The van der Waals surface area contributed by atoms with Gasteiger partial charge < -0.3 is 36.2 Å². The number of β-amino-alcohol motifs (C(OH)–C–C–N with tert-alkyl or cyclic N) is 1. The molecule has 1 aromatic carbocycles. The zero-order chi connectivity index (χ0) is 18.9. The maximum atomic E-state index is 10.3. The van der Waals surface area contributed by atoms with Gasteiger partial charge in [-0.25, -0.2) is 0 Å². The van der Waals surface area contributed by atoms with E-state index in [-0.39, 0.29) is 12.0 Å². The van der Waals surface area contributed by atoms with Crippen molar-refractivity contribution in [1.82, 2.24) is 0 Å². The fraction of sp³-hybridized carbons (Fsp3) is 0.667. The molecule has 0 spiro atoms. The van der Waals surface area contributed by atoms with Crippen LogP contribution in [0.1, 0.15) is 31.4 Å². The SMILES string of the molecule is Cc1cc2c(cc1N)C(C)(C)CCN2CC(O)C(O)C(O)C(O)CO. The molecule has 25 heavy (non-hydrogen) atoms. The van der Waals surface area contributed by atoms with Gasteiger partial charge in [-0.05, 0) is 42.0 Å². The highest BCUT2D eigenvalue weighted by Gasteiger charge is 2.35. The Bertz CT molecular complexity index is 607. The van der Waals surface area contributed by atoms with Crippen LogP contribution in [0.5, 0.6) is 0 Å². The highest BCUT2D eigenvalue weighted by molar-refractivity contribution is 5.67. The number of hydrogen-bond donors (Lipinski definition) is 6. The normalized spacial score (nSPS) is 21.4. The molecule has 4 unspecified atom stereocenters. The predicted molar refractivity (Wildman–Crippen MR) is 96.6 cm³/mol. The maximum Gasteiger partial charge on any atom is 0.111 e. The summed E-state index contributed by atoms with van der Waals surface area (Å²) in [5, 5.41) is 48.5. The molecule has 2 rings (SSSR count). The van der Waals surface area contributed by atoms with Crippen molar-refractivity contribution in [2.24, 2.45) is 0 Å². The first kappa shape index (κ1) is 19.9. The molecule has 1 aliphatic heterocycles. The van der Waals surface area contributed by atoms with E-state index in [0.717, 1.165) is 28.9 Å². The molecule has 0 saturated carbocycles. The van der Waals surface area contributed by atoms with Gasteiger partial charge in [0.2, 0.25) is 0 Å². The highest BCUT2D eigenvalue weighted by Crippen LogP contribution is 2.41. The number of benzene rings is 1. The summed E-state index contributed by atoms with van der Waals surface area (Å²) in [6, 6.07) is 3.94. The fourth-order valence-corrected chi connectivity index (χ4v) is 3.27. The molecule has 0 fully saturated rings. The third-order valence-electron chi connectivity index (χ3n) is 5.19. The van der Waals surface area contributed by atoms with E-state index in [1.807, 2.05) is 24.0 Å². The van der Waals surface area contributed by atoms with Gasteiger partial charge in [0.1, 0.15) is 18.3 Å². The first-order valence-electron chi connectivity index (χ1n) is 8.57. The smallest absolute Gasteiger partial charge is 0.111 e. The quantitative estimate of drug-likeness (QED) is 0.380. The van der Waals surface area contributed by atoms with Crippen LogP contribution in [-0.4, -0.2) is 69.6 Å². The van der Waals surface area contributed by atoms with E-state index in [1.165, 1.54) is 0 Å². The molecule has 142 valence electrons. The standard InChI is InChI=1S/C18H30N2O5/c1-10-6-13-11(7-12(10)19)18(2,3)4-5-20(13)8-14(22)16(24)17(25)15(23)9-21/h6-7,14-17,21-25H,4-5,8-9,19H2,1-3H3. The molecule has 0 radical (unpaired) electrons. The van der Waals surface area contributed by atoms with Crippen LogP contribution in [0.15, 0.2) is 12.1 Å². The summed E-state index contributed by atoms with van der Waals surface area (Å²) in [6.07, 6.45) is -5.10. The average molecular weight is 354 g/mol. The minimum absolute atomic E-state index is 0.0518. The number of anilines is 2. The number of nitrogens with zero attached hydrogens (tertiary/aromatic N) is 1. The number of aliphatic hydroxyl groups excluding tert-OH is 5. The number of aryl methyl sites for hydroxylation is 1. The van der Waals surface area contributed by atoms with E-state index >= 15 is 0 Å². The van der Waals surface area contributed by atoms with Crippen LogP contribution in [0.2, 0.25) is 0 Å². The van der Waals surface area contributed by atoms with Crippen LogP contribution >= 0.6 is 0 Å². The molecule has 0 bridgehead atoms. The van der Waals surface area contributed by atoms with Crippen molar-refractivity contribution < 1.29 is 25.5 Å². The van der Waals surface area contributed by atoms with E-state index in [9.17, 15) is 20.4 Å². The third kappa shape index (κ3) is 4.07. The van der Waals surface area contributed by atoms with Crippen molar-refractivity contribution in [3.05, 3.63) is 23.3 Å². The topological polar surface area (TPSA) is 130 Å². The summed E-state index contributed by atoms with van der Waals surface area (Å²) in [5.41, 5.74) is 9.69. The van der Waals surface area contributed by atoms with E-state index in [0.29, 0.717) is 6.54 Å². The Hall–Kier alpha value is -1.38. The molecule has 7 heteroatoms. The molecule has 0 amide bonds. The lowest BCUT2D eigenvalue weighted by molar-refractivity contribution is -0.112. The van der Waals surface area contributed by atoms with Gasteiger partial charge in [0.25, 0.3) is 0 Å². The van der Waals surface area contributed by atoms with Gasteiger partial charge in [0.15, 0.2) is 0 Å². The van der Waals surface area contributed by atoms with Gasteiger partial charge >= 0.3 is 0 Å². The summed E-state index contributed by atoms with van der Waals surface area (Å²) >= 11 is 0. The van der Waals surface area contributed by atoms with Crippen molar-refractivity contribution in [3.8, 4) is 0 Å². The summed E-state index contributed by atoms with van der Waals surface area (Å²) in [5.74, 6) is 0. The molecule has 4 atom stereocenters. The van der Waals surface area contributed by atoms with Gasteiger partial charge in [0.05, 0.1) is 12.7 Å². The minimum Gasteiger partial charge on any atom is -0.399 e. The molecule has 7 nitrogen and oxygen atoms in total. The molecule has 1 heterocycles. The Morgan fingerprint density at radius 2 is 1.72 bits per heavy atom. The second kappa shape index (κ2) is 7.47. The summed E-state index contributed by atoms with van der Waals surface area (Å²) in [4.78, 5) is 1.96. The van der Waals surface area contributed by atoms with Gasteiger partial charge in [-0.3, -0.25) is 0 Å². The Morgan fingerprint density at radius 3 is 2.32 bits per heavy atom. The monoisotopic (exact) mass is 354 g/mol. The highest BCUT2D eigenvalue weighted by atomic mass is 16.4. The Labute approximate surface area is 148 Å². The first-order chi connectivity index (χ1) is 11.6. The summed E-state index contributed by atoms with van der Waals surface area (Å²) < 4.78 is 0. The molecule has 0 aromatic heterocycles. The van der Waals surface area contributed by atoms with E-state index in [4.69, 9.17) is 10.8 Å². The van der Waals surface area contributed by atoms with Crippen molar-refractivity contribution in [1.29, 1.82) is 0 Å². The van der Waals surface area contributed by atoms with Crippen LogP contribution < -0.4 is 10.6 Å². The molecular formula is C18H30N2O5. The van der Waals surface area contributed by atoms with E-state index in [2.05, 4.69) is 13.8 Å². The lowest BCUT2D eigenvalue weighted by Gasteiger charge is -2.42. The van der Waals surface area contributed by atoms with Crippen molar-refractivity contribution in [2.45, 2.75) is 57.0 Å². The number of nitrogen functional groups attached to an aromatic ring is 1. The van der Waals surface area contributed by atoms with E-state index < -0.39 is 31.0 Å².